The van der Waals surface area contributed by atoms with E-state index in [-0.39, 0.29) is 4.90 Å². The van der Waals surface area contributed by atoms with E-state index in [1.54, 1.807) is 0 Å². The first-order chi connectivity index (χ1) is 8.30. The Hall–Kier alpha value is -1.31. The van der Waals surface area contributed by atoms with Crippen LogP contribution in [0, 0.1) is 0 Å². The Morgan fingerprint density at radius 3 is 2.56 bits per heavy atom. The van der Waals surface area contributed by atoms with E-state index in [2.05, 4.69) is 5.32 Å². The molecule has 100 valence electrons. The van der Waals surface area contributed by atoms with E-state index in [9.17, 15) is 13.5 Å². The maximum atomic E-state index is 11.2. The van der Waals surface area contributed by atoms with Crippen LogP contribution in [0.1, 0.15) is 19.3 Å². The van der Waals surface area contributed by atoms with Gasteiger partial charge in [-0.15, -0.1) is 0 Å². The fourth-order valence-corrected chi connectivity index (χ4v) is 2.43. The lowest BCUT2D eigenvalue weighted by Gasteiger charge is -2.37. The third-order valence-electron chi connectivity index (χ3n) is 3.25. The summed E-state index contributed by atoms with van der Waals surface area (Å²) in [7, 11) is -3.75. The number of hydrogen-bond acceptors (Lipinski definition) is 5. The van der Waals surface area contributed by atoms with Crippen molar-refractivity contribution in [2.75, 3.05) is 17.6 Å². The summed E-state index contributed by atoms with van der Waals surface area (Å²) in [6.07, 6.45) is 2.49. The minimum atomic E-state index is -3.75. The minimum absolute atomic E-state index is 0.000186. The molecule has 1 aliphatic rings. The van der Waals surface area contributed by atoms with Crippen molar-refractivity contribution in [2.45, 2.75) is 29.8 Å². The Bertz CT molecular complexity index is 553. The van der Waals surface area contributed by atoms with Crippen molar-refractivity contribution in [1.82, 2.24) is 0 Å². The van der Waals surface area contributed by atoms with E-state index in [1.807, 2.05) is 0 Å². The second kappa shape index (κ2) is 4.42. The maximum absolute atomic E-state index is 11.2. The number of nitrogens with two attached hydrogens (primary N) is 2. The lowest BCUT2D eigenvalue weighted by molar-refractivity contribution is -0.0201. The molecule has 6 nitrogen and oxygen atoms in total. The molecule has 2 rings (SSSR count). The summed E-state index contributed by atoms with van der Waals surface area (Å²) < 4.78 is 22.4. The van der Waals surface area contributed by atoms with E-state index >= 15 is 0 Å². The molecule has 0 atom stereocenters. The predicted octanol–water partition coefficient (Wildman–Crippen LogP) is 0.243. The number of nitrogens with one attached hydrogen (secondary N) is 1. The number of benzene rings is 1. The number of anilines is 2. The molecule has 1 aromatic carbocycles. The molecule has 0 spiro atoms. The number of sulfonamides is 1. The highest BCUT2D eigenvalue weighted by molar-refractivity contribution is 7.89. The van der Waals surface area contributed by atoms with Gasteiger partial charge < -0.3 is 16.2 Å². The summed E-state index contributed by atoms with van der Waals surface area (Å²) in [6.45, 7) is 0.352. The van der Waals surface area contributed by atoms with Crippen LogP contribution in [0.15, 0.2) is 23.1 Å². The molecule has 0 heterocycles. The molecule has 0 aliphatic heterocycles. The van der Waals surface area contributed by atoms with Gasteiger partial charge in [0.15, 0.2) is 0 Å². The lowest BCUT2D eigenvalue weighted by Crippen LogP contribution is -2.43. The Kier molecular flexibility index (Phi) is 3.22. The van der Waals surface area contributed by atoms with Crippen molar-refractivity contribution in [3.63, 3.8) is 0 Å². The molecule has 1 aliphatic carbocycles. The van der Waals surface area contributed by atoms with Crippen molar-refractivity contribution in [1.29, 1.82) is 0 Å². The highest BCUT2D eigenvalue weighted by atomic mass is 32.2. The summed E-state index contributed by atoms with van der Waals surface area (Å²) in [5.74, 6) is 0. The first kappa shape index (κ1) is 13.1. The third kappa shape index (κ3) is 2.74. The van der Waals surface area contributed by atoms with Crippen LogP contribution in [-0.2, 0) is 10.0 Å². The number of hydrogen-bond donors (Lipinski definition) is 4. The van der Waals surface area contributed by atoms with Crippen molar-refractivity contribution in [3.05, 3.63) is 18.2 Å². The molecule has 0 saturated heterocycles. The molecule has 0 amide bonds. The van der Waals surface area contributed by atoms with E-state index in [0.717, 1.165) is 19.3 Å². The maximum Gasteiger partial charge on any atom is 0.238 e. The van der Waals surface area contributed by atoms with E-state index < -0.39 is 15.6 Å². The zero-order valence-electron chi connectivity index (χ0n) is 9.89. The largest absolute Gasteiger partial charge is 0.397 e. The Labute approximate surface area is 106 Å². The Morgan fingerprint density at radius 1 is 1.39 bits per heavy atom. The van der Waals surface area contributed by atoms with E-state index in [0.29, 0.717) is 17.9 Å². The molecule has 0 radical (unpaired) electrons. The number of aliphatic hydroxyl groups is 1. The molecule has 18 heavy (non-hydrogen) atoms. The van der Waals surface area contributed by atoms with Gasteiger partial charge in [0.25, 0.3) is 0 Å². The van der Waals surface area contributed by atoms with Crippen LogP contribution in [0.3, 0.4) is 0 Å². The quantitative estimate of drug-likeness (QED) is 0.585. The number of rotatable bonds is 4. The molecule has 0 aromatic heterocycles. The second-order valence-electron chi connectivity index (χ2n) is 4.73. The lowest BCUT2D eigenvalue weighted by atomic mass is 9.80. The fraction of sp³-hybridized carbons (Fsp3) is 0.455. The molecule has 1 saturated carbocycles. The Balaban J connectivity index is 2.16. The van der Waals surface area contributed by atoms with Gasteiger partial charge in [-0.1, -0.05) is 0 Å². The van der Waals surface area contributed by atoms with Gasteiger partial charge in [-0.2, -0.15) is 0 Å². The van der Waals surface area contributed by atoms with E-state index in [1.165, 1.54) is 18.2 Å². The molecular weight excluding hydrogens is 254 g/mol. The van der Waals surface area contributed by atoms with Gasteiger partial charge in [0.05, 0.1) is 21.9 Å². The molecule has 6 N–H and O–H groups in total. The van der Waals surface area contributed by atoms with Crippen molar-refractivity contribution < 1.29 is 13.5 Å². The first-order valence-electron chi connectivity index (χ1n) is 5.69. The molecular formula is C11H17N3O3S. The van der Waals surface area contributed by atoms with Gasteiger partial charge in [0.2, 0.25) is 10.0 Å². The van der Waals surface area contributed by atoms with Crippen LogP contribution in [0.5, 0.6) is 0 Å². The molecule has 0 unspecified atom stereocenters. The predicted molar refractivity (Wildman–Crippen MR) is 69.5 cm³/mol. The standard InChI is InChI=1S/C11H17N3O3S/c12-9-3-2-8(18(13,16)17)6-10(9)14-7-11(15)4-1-5-11/h2-3,6,14-15H,1,4-5,7,12H2,(H2,13,16,17). The third-order valence-corrected chi connectivity index (χ3v) is 4.16. The van der Waals surface area contributed by atoms with Crippen molar-refractivity contribution in [3.8, 4) is 0 Å². The smallest absolute Gasteiger partial charge is 0.238 e. The van der Waals surface area contributed by atoms with Gasteiger partial charge in [-0.3, -0.25) is 0 Å². The molecule has 1 fully saturated rings. The average Bonchev–Trinajstić information content (AvgIpc) is 2.24. The zero-order chi connectivity index (χ0) is 13.4. The van der Waals surface area contributed by atoms with Gasteiger partial charge in [0, 0.05) is 6.54 Å². The number of nitrogen functional groups attached to an aromatic ring is 1. The molecule has 1 aromatic rings. The fourth-order valence-electron chi connectivity index (χ4n) is 1.89. The first-order valence-corrected chi connectivity index (χ1v) is 7.23. The van der Waals surface area contributed by atoms with Crippen LogP contribution >= 0.6 is 0 Å². The highest BCUT2D eigenvalue weighted by Crippen LogP contribution is 2.32. The molecule has 7 heteroatoms. The van der Waals surface area contributed by atoms with Crippen LogP contribution in [0.25, 0.3) is 0 Å². The van der Waals surface area contributed by atoms with Crippen LogP contribution in [0.4, 0.5) is 11.4 Å². The summed E-state index contributed by atoms with van der Waals surface area (Å²) in [5.41, 5.74) is 5.93. The Morgan fingerprint density at radius 2 is 2.06 bits per heavy atom. The van der Waals surface area contributed by atoms with Gasteiger partial charge in [-0.25, -0.2) is 13.6 Å². The zero-order valence-corrected chi connectivity index (χ0v) is 10.7. The van der Waals surface area contributed by atoms with Gasteiger partial charge >= 0.3 is 0 Å². The normalized spacial score (nSPS) is 18.1. The average molecular weight is 271 g/mol. The van der Waals surface area contributed by atoms with Crippen LogP contribution in [-0.4, -0.2) is 25.7 Å². The van der Waals surface area contributed by atoms with E-state index in [4.69, 9.17) is 10.9 Å². The van der Waals surface area contributed by atoms with Crippen molar-refractivity contribution >= 4 is 21.4 Å². The summed E-state index contributed by atoms with van der Waals surface area (Å²) in [6, 6.07) is 4.22. The second-order valence-corrected chi connectivity index (χ2v) is 6.29. The van der Waals surface area contributed by atoms with Gasteiger partial charge in [-0.05, 0) is 37.5 Å². The summed E-state index contributed by atoms with van der Waals surface area (Å²) >= 11 is 0. The van der Waals surface area contributed by atoms with Crippen LogP contribution in [0.2, 0.25) is 0 Å². The highest BCUT2D eigenvalue weighted by Gasteiger charge is 2.34. The van der Waals surface area contributed by atoms with Crippen LogP contribution < -0.4 is 16.2 Å². The SMILES string of the molecule is Nc1ccc(S(N)(=O)=O)cc1NCC1(O)CCC1. The summed E-state index contributed by atoms with van der Waals surface area (Å²) in [4.78, 5) is -0.000186. The minimum Gasteiger partial charge on any atom is -0.397 e. The van der Waals surface area contributed by atoms with Crippen molar-refractivity contribution in [2.24, 2.45) is 5.14 Å². The monoisotopic (exact) mass is 271 g/mol. The van der Waals surface area contributed by atoms with Gasteiger partial charge in [0.1, 0.15) is 0 Å². The summed E-state index contributed by atoms with van der Waals surface area (Å²) in [5, 5.41) is 18.0. The number of primary sulfonamides is 1. The topological polar surface area (TPSA) is 118 Å². The molecule has 0 bridgehead atoms.